The molecule has 2 aromatic rings. The van der Waals surface area contributed by atoms with Crippen molar-refractivity contribution in [1.82, 2.24) is 4.98 Å². The van der Waals surface area contributed by atoms with E-state index in [1.807, 2.05) is 0 Å². The Balaban J connectivity index is 2.33. The summed E-state index contributed by atoms with van der Waals surface area (Å²) in [5.41, 5.74) is 1.57. The third-order valence-corrected chi connectivity index (χ3v) is 4.15. The molecule has 140 valence electrons. The predicted molar refractivity (Wildman–Crippen MR) is 100 cm³/mol. The standard InChI is InChI=1S/C20H18ClNO5/c1-5-8-27-19-14(21)9-13(10-16(19)26-4)6-7-15(23)17-11(2)18(20(24)25)22-12(17)3/h1,6-7,9-10,22H,8H2,2-4H3,(H,24,25)/p-1/b7-6+. The molecule has 0 bridgehead atoms. The molecular weight excluding hydrogens is 370 g/mol. The number of aromatic amines is 1. The summed E-state index contributed by atoms with van der Waals surface area (Å²) in [5, 5.41) is 11.4. The fourth-order valence-corrected chi connectivity index (χ4v) is 2.94. The van der Waals surface area contributed by atoms with Gasteiger partial charge in [-0.3, -0.25) is 4.79 Å². The minimum atomic E-state index is -1.36. The molecule has 27 heavy (non-hydrogen) atoms. The van der Waals surface area contributed by atoms with Crippen molar-refractivity contribution < 1.29 is 24.2 Å². The van der Waals surface area contributed by atoms with Gasteiger partial charge in [0.15, 0.2) is 17.3 Å². The van der Waals surface area contributed by atoms with Gasteiger partial charge in [0, 0.05) is 11.3 Å². The molecule has 7 heteroatoms. The maximum atomic E-state index is 12.5. The van der Waals surface area contributed by atoms with Crippen LogP contribution in [0.3, 0.4) is 0 Å². The largest absolute Gasteiger partial charge is 0.543 e. The number of carbonyl (C=O) groups is 2. The monoisotopic (exact) mass is 386 g/mol. The zero-order valence-electron chi connectivity index (χ0n) is 15.0. The first-order valence-electron chi connectivity index (χ1n) is 7.86. The Morgan fingerprint density at radius 2 is 2.07 bits per heavy atom. The van der Waals surface area contributed by atoms with E-state index in [1.54, 1.807) is 32.1 Å². The van der Waals surface area contributed by atoms with Crippen LogP contribution in [0.1, 0.15) is 37.7 Å². The number of ketones is 1. The normalized spacial score (nSPS) is 10.6. The van der Waals surface area contributed by atoms with Crippen LogP contribution in [0, 0.1) is 26.2 Å². The van der Waals surface area contributed by atoms with Gasteiger partial charge in [0.25, 0.3) is 0 Å². The quantitative estimate of drug-likeness (QED) is 0.448. The van der Waals surface area contributed by atoms with Gasteiger partial charge in [-0.2, -0.15) is 0 Å². The number of ether oxygens (including phenoxy) is 2. The van der Waals surface area contributed by atoms with Crippen LogP contribution in [-0.4, -0.2) is 30.5 Å². The summed E-state index contributed by atoms with van der Waals surface area (Å²) in [7, 11) is 1.46. The maximum Gasteiger partial charge on any atom is 0.187 e. The highest BCUT2D eigenvalue weighted by molar-refractivity contribution is 6.32. The number of terminal acetylenes is 1. The Morgan fingerprint density at radius 3 is 2.63 bits per heavy atom. The number of methoxy groups -OCH3 is 1. The molecule has 1 aromatic carbocycles. The summed E-state index contributed by atoms with van der Waals surface area (Å²) >= 11 is 6.20. The first-order chi connectivity index (χ1) is 12.8. The number of nitrogens with one attached hydrogen (secondary N) is 1. The van der Waals surface area contributed by atoms with Crippen LogP contribution in [0.25, 0.3) is 6.08 Å². The Labute approximate surface area is 161 Å². The van der Waals surface area contributed by atoms with Crippen LogP contribution in [0.4, 0.5) is 0 Å². The molecule has 0 aliphatic heterocycles. The number of carbonyl (C=O) groups excluding carboxylic acids is 2. The first-order valence-corrected chi connectivity index (χ1v) is 8.24. The number of rotatable bonds is 7. The van der Waals surface area contributed by atoms with E-state index in [4.69, 9.17) is 27.5 Å². The molecule has 6 nitrogen and oxygen atoms in total. The predicted octanol–water partition coefficient (Wildman–Crippen LogP) is 2.57. The molecule has 1 heterocycles. The highest BCUT2D eigenvalue weighted by Crippen LogP contribution is 2.36. The average molecular weight is 387 g/mol. The van der Waals surface area contributed by atoms with Gasteiger partial charge in [-0.15, -0.1) is 6.42 Å². The van der Waals surface area contributed by atoms with Crippen molar-refractivity contribution in [3.63, 3.8) is 0 Å². The molecule has 0 spiro atoms. The second-order valence-electron chi connectivity index (χ2n) is 5.64. The number of allylic oxidation sites excluding steroid dienone is 1. The van der Waals surface area contributed by atoms with Crippen LogP contribution >= 0.6 is 11.6 Å². The lowest BCUT2D eigenvalue weighted by molar-refractivity contribution is -0.255. The molecule has 0 unspecified atom stereocenters. The number of hydrogen-bond donors (Lipinski definition) is 1. The maximum absolute atomic E-state index is 12.5. The van der Waals surface area contributed by atoms with Crippen LogP contribution < -0.4 is 14.6 Å². The lowest BCUT2D eigenvalue weighted by atomic mass is 10.0. The van der Waals surface area contributed by atoms with E-state index >= 15 is 0 Å². The minimum absolute atomic E-state index is 0.0383. The van der Waals surface area contributed by atoms with Crippen molar-refractivity contribution in [1.29, 1.82) is 0 Å². The van der Waals surface area contributed by atoms with Crippen LogP contribution in [0.5, 0.6) is 11.5 Å². The van der Waals surface area contributed by atoms with Gasteiger partial charge in [-0.25, -0.2) is 0 Å². The Kier molecular flexibility index (Phi) is 6.32. The van der Waals surface area contributed by atoms with Gasteiger partial charge in [-0.05, 0) is 43.2 Å². The molecule has 0 radical (unpaired) electrons. The molecule has 1 N–H and O–H groups in total. The lowest BCUT2D eigenvalue weighted by Crippen LogP contribution is -2.23. The molecule has 0 aliphatic carbocycles. The Bertz CT molecular complexity index is 966. The fraction of sp³-hybridized carbons (Fsp3) is 0.200. The molecule has 0 amide bonds. The Hall–Kier alpha value is -3.17. The topological polar surface area (TPSA) is 91.5 Å². The molecule has 2 rings (SSSR count). The van der Waals surface area contributed by atoms with E-state index in [2.05, 4.69) is 10.9 Å². The number of H-pyrrole nitrogens is 1. The van der Waals surface area contributed by atoms with E-state index in [1.165, 1.54) is 13.2 Å². The Morgan fingerprint density at radius 1 is 1.37 bits per heavy atom. The zero-order chi connectivity index (χ0) is 20.1. The summed E-state index contributed by atoms with van der Waals surface area (Å²) in [6, 6.07) is 3.24. The van der Waals surface area contributed by atoms with Crippen LogP contribution in [0.2, 0.25) is 5.02 Å². The highest BCUT2D eigenvalue weighted by Gasteiger charge is 2.17. The summed E-state index contributed by atoms with van der Waals surface area (Å²) in [5.74, 6) is 1.32. The molecule has 0 fully saturated rings. The fourth-order valence-electron chi connectivity index (χ4n) is 2.67. The van der Waals surface area contributed by atoms with Gasteiger partial charge in [0.2, 0.25) is 0 Å². The summed E-state index contributed by atoms with van der Waals surface area (Å²) in [4.78, 5) is 26.2. The van der Waals surface area contributed by atoms with Crippen LogP contribution in [0.15, 0.2) is 18.2 Å². The highest BCUT2D eigenvalue weighted by atomic mass is 35.5. The second kappa shape index (κ2) is 8.47. The minimum Gasteiger partial charge on any atom is -0.543 e. The lowest BCUT2D eigenvalue weighted by Gasteiger charge is -2.11. The van der Waals surface area contributed by atoms with Crippen molar-refractivity contribution in [2.75, 3.05) is 13.7 Å². The van der Waals surface area contributed by atoms with E-state index in [-0.39, 0.29) is 28.7 Å². The first kappa shape index (κ1) is 20.1. The number of halogens is 1. The van der Waals surface area contributed by atoms with Crippen molar-refractivity contribution in [2.45, 2.75) is 13.8 Å². The van der Waals surface area contributed by atoms with E-state index < -0.39 is 5.97 Å². The van der Waals surface area contributed by atoms with Gasteiger partial charge in [-0.1, -0.05) is 23.6 Å². The van der Waals surface area contributed by atoms with E-state index in [0.717, 1.165) is 0 Å². The number of aryl methyl sites for hydroxylation is 1. The average Bonchev–Trinajstić information content (AvgIpc) is 2.93. The van der Waals surface area contributed by atoms with E-state index in [9.17, 15) is 14.7 Å². The van der Waals surface area contributed by atoms with Gasteiger partial charge >= 0.3 is 0 Å². The number of hydrogen-bond acceptors (Lipinski definition) is 5. The number of carboxylic acids is 1. The third kappa shape index (κ3) is 4.33. The van der Waals surface area contributed by atoms with Crippen molar-refractivity contribution >= 4 is 29.4 Å². The van der Waals surface area contributed by atoms with Gasteiger partial charge in [0.1, 0.15) is 6.61 Å². The van der Waals surface area contributed by atoms with Gasteiger partial charge < -0.3 is 24.4 Å². The zero-order valence-corrected chi connectivity index (χ0v) is 15.8. The molecule has 0 saturated carbocycles. The van der Waals surface area contributed by atoms with Crippen molar-refractivity contribution in [2.24, 2.45) is 0 Å². The smallest absolute Gasteiger partial charge is 0.187 e. The van der Waals surface area contributed by atoms with Gasteiger partial charge in [0.05, 0.1) is 23.8 Å². The molecule has 0 saturated heterocycles. The number of aromatic carboxylic acids is 1. The second-order valence-corrected chi connectivity index (χ2v) is 6.04. The number of carboxylic acid groups (broad SMARTS) is 1. The summed E-state index contributed by atoms with van der Waals surface area (Å²) in [6.45, 7) is 3.21. The summed E-state index contributed by atoms with van der Waals surface area (Å²) < 4.78 is 10.6. The SMILES string of the molecule is C#CCOc1c(Cl)cc(/C=C/C(=O)c2c(C)[nH]c(C(=O)[O-])c2C)cc1OC. The van der Waals surface area contributed by atoms with Crippen molar-refractivity contribution in [3.05, 3.63) is 51.3 Å². The molecular formula is C20H17ClNO5-. The van der Waals surface area contributed by atoms with E-state index in [0.29, 0.717) is 28.3 Å². The third-order valence-electron chi connectivity index (χ3n) is 3.87. The molecule has 1 aromatic heterocycles. The van der Waals surface area contributed by atoms with Crippen molar-refractivity contribution in [3.8, 4) is 23.8 Å². The number of aromatic nitrogens is 1. The van der Waals surface area contributed by atoms with Crippen LogP contribution in [-0.2, 0) is 0 Å². The molecule has 0 aliphatic rings. The molecule has 0 atom stereocenters. The number of benzene rings is 1. The summed E-state index contributed by atoms with van der Waals surface area (Å²) in [6.07, 6.45) is 8.05.